The summed E-state index contributed by atoms with van der Waals surface area (Å²) in [5.74, 6) is 0.201. The smallest absolute Gasteiger partial charge is 0.256 e. The Bertz CT molecular complexity index is 741. The molecule has 0 spiro atoms. The van der Waals surface area contributed by atoms with Crippen LogP contribution in [-0.4, -0.2) is 13.0 Å². The fourth-order valence-corrected chi connectivity index (χ4v) is 2.64. The molecule has 0 aliphatic heterocycles. The molecule has 0 saturated heterocycles. The van der Waals surface area contributed by atoms with Gasteiger partial charge in [-0.3, -0.25) is 4.79 Å². The van der Waals surface area contributed by atoms with Gasteiger partial charge in [-0.1, -0.05) is 0 Å². The fraction of sp³-hybridized carbons (Fsp3) is 0.0667. The number of hydrogen-bond acceptors (Lipinski definition) is 3. The standard InChI is InChI=1S/C15H10BrIN2O2/c1-21-14-6-9(8-18)2-5-13(14)19-15(20)11-7-10(17)3-4-12(11)16/h2-7H,1H3,(H,19,20). The SMILES string of the molecule is COc1cc(C#N)ccc1NC(=O)c1cc(I)ccc1Br. The quantitative estimate of drug-likeness (QED) is 0.704. The van der Waals surface area contributed by atoms with Gasteiger partial charge in [-0.05, 0) is 68.9 Å². The maximum absolute atomic E-state index is 12.3. The number of anilines is 1. The van der Waals surface area contributed by atoms with E-state index in [9.17, 15) is 4.79 Å². The average Bonchev–Trinajstić information content (AvgIpc) is 2.49. The van der Waals surface area contributed by atoms with E-state index in [1.165, 1.54) is 7.11 Å². The number of rotatable bonds is 3. The Kier molecular flexibility index (Phi) is 5.20. The topological polar surface area (TPSA) is 62.1 Å². The monoisotopic (exact) mass is 456 g/mol. The maximum Gasteiger partial charge on any atom is 0.256 e. The lowest BCUT2D eigenvalue weighted by atomic mass is 10.1. The molecule has 0 aliphatic carbocycles. The van der Waals surface area contributed by atoms with Crippen molar-refractivity contribution in [1.29, 1.82) is 5.26 Å². The molecule has 0 atom stereocenters. The molecule has 4 nitrogen and oxygen atoms in total. The van der Waals surface area contributed by atoms with E-state index in [4.69, 9.17) is 10.00 Å². The van der Waals surface area contributed by atoms with Crippen molar-refractivity contribution in [2.75, 3.05) is 12.4 Å². The molecule has 106 valence electrons. The van der Waals surface area contributed by atoms with E-state index in [0.717, 1.165) is 3.57 Å². The molecule has 0 saturated carbocycles. The van der Waals surface area contributed by atoms with Crippen molar-refractivity contribution >= 4 is 50.1 Å². The number of methoxy groups -OCH3 is 1. The first kappa shape index (κ1) is 15.8. The number of carbonyl (C=O) groups excluding carboxylic acids is 1. The third kappa shape index (κ3) is 3.74. The van der Waals surface area contributed by atoms with E-state index < -0.39 is 0 Å². The molecular formula is C15H10BrIN2O2. The lowest BCUT2D eigenvalue weighted by Gasteiger charge is -2.11. The zero-order valence-corrected chi connectivity index (χ0v) is 14.7. The van der Waals surface area contributed by atoms with Gasteiger partial charge in [0.25, 0.3) is 5.91 Å². The lowest BCUT2D eigenvalue weighted by Crippen LogP contribution is -2.13. The molecule has 0 bridgehead atoms. The normalized spacial score (nSPS) is 9.81. The average molecular weight is 457 g/mol. The van der Waals surface area contributed by atoms with Crippen LogP contribution in [0.3, 0.4) is 0 Å². The van der Waals surface area contributed by atoms with E-state index in [2.05, 4.69) is 43.8 Å². The Balaban J connectivity index is 2.32. The highest BCUT2D eigenvalue weighted by molar-refractivity contribution is 14.1. The van der Waals surface area contributed by atoms with Gasteiger partial charge >= 0.3 is 0 Å². The molecule has 1 N–H and O–H groups in total. The fourth-order valence-electron chi connectivity index (χ4n) is 1.73. The molecule has 0 radical (unpaired) electrons. The lowest BCUT2D eigenvalue weighted by molar-refractivity contribution is 0.102. The van der Waals surface area contributed by atoms with Gasteiger partial charge in [-0.25, -0.2) is 0 Å². The molecule has 1 amide bonds. The van der Waals surface area contributed by atoms with Gasteiger partial charge in [0.1, 0.15) is 5.75 Å². The minimum atomic E-state index is -0.247. The van der Waals surface area contributed by atoms with E-state index in [0.29, 0.717) is 27.0 Å². The second-order valence-electron chi connectivity index (χ2n) is 4.11. The van der Waals surface area contributed by atoms with E-state index >= 15 is 0 Å². The first-order chi connectivity index (χ1) is 10.0. The molecule has 0 aromatic heterocycles. The van der Waals surface area contributed by atoms with Gasteiger partial charge < -0.3 is 10.1 Å². The summed E-state index contributed by atoms with van der Waals surface area (Å²) < 4.78 is 6.88. The number of nitrogens with zero attached hydrogens (tertiary/aromatic N) is 1. The van der Waals surface area contributed by atoms with Crippen molar-refractivity contribution in [3.05, 3.63) is 55.6 Å². The van der Waals surface area contributed by atoms with Crippen LogP contribution in [0, 0.1) is 14.9 Å². The van der Waals surface area contributed by atoms with Gasteiger partial charge in [-0.15, -0.1) is 0 Å². The van der Waals surface area contributed by atoms with Crippen LogP contribution >= 0.6 is 38.5 Å². The van der Waals surface area contributed by atoms with Gasteiger partial charge in [0.05, 0.1) is 30.0 Å². The zero-order chi connectivity index (χ0) is 15.4. The summed E-state index contributed by atoms with van der Waals surface area (Å²) in [5, 5.41) is 11.7. The molecule has 2 aromatic rings. The number of carbonyl (C=O) groups is 1. The number of halogens is 2. The Morgan fingerprint density at radius 1 is 1.33 bits per heavy atom. The van der Waals surface area contributed by atoms with E-state index in [1.54, 1.807) is 24.3 Å². The highest BCUT2D eigenvalue weighted by Gasteiger charge is 2.13. The number of nitriles is 1. The van der Waals surface area contributed by atoms with Crippen LogP contribution in [0.4, 0.5) is 5.69 Å². The third-order valence-corrected chi connectivity index (χ3v) is 4.11. The number of benzene rings is 2. The summed E-state index contributed by atoms with van der Waals surface area (Å²) in [6.45, 7) is 0. The third-order valence-electron chi connectivity index (χ3n) is 2.75. The minimum Gasteiger partial charge on any atom is -0.495 e. The molecule has 2 rings (SSSR count). The number of nitrogens with one attached hydrogen (secondary N) is 1. The molecule has 0 aliphatic rings. The molecule has 0 unspecified atom stereocenters. The Morgan fingerprint density at radius 3 is 2.76 bits per heavy atom. The first-order valence-corrected chi connectivity index (χ1v) is 7.77. The number of ether oxygens (including phenoxy) is 1. The highest BCUT2D eigenvalue weighted by atomic mass is 127. The van der Waals surface area contributed by atoms with Gasteiger partial charge in [0.2, 0.25) is 0 Å². The van der Waals surface area contributed by atoms with Gasteiger partial charge in [0, 0.05) is 14.1 Å². The van der Waals surface area contributed by atoms with Crippen LogP contribution < -0.4 is 10.1 Å². The summed E-state index contributed by atoms with van der Waals surface area (Å²) in [6, 6.07) is 12.4. The Labute approximate surface area is 144 Å². The molecular weight excluding hydrogens is 447 g/mol. The van der Waals surface area contributed by atoms with Crippen molar-refractivity contribution in [1.82, 2.24) is 0 Å². The molecule has 6 heteroatoms. The first-order valence-electron chi connectivity index (χ1n) is 5.89. The van der Waals surface area contributed by atoms with Gasteiger partial charge in [0.15, 0.2) is 0 Å². The second kappa shape index (κ2) is 6.91. The van der Waals surface area contributed by atoms with E-state index in [1.807, 2.05) is 18.2 Å². The summed E-state index contributed by atoms with van der Waals surface area (Å²) in [6.07, 6.45) is 0. The largest absolute Gasteiger partial charge is 0.495 e. The van der Waals surface area contributed by atoms with Crippen molar-refractivity contribution in [2.24, 2.45) is 0 Å². The van der Waals surface area contributed by atoms with Crippen LogP contribution in [0.5, 0.6) is 5.75 Å². The van der Waals surface area contributed by atoms with Crippen molar-refractivity contribution in [3.63, 3.8) is 0 Å². The van der Waals surface area contributed by atoms with Crippen LogP contribution in [-0.2, 0) is 0 Å². The molecule has 0 heterocycles. The van der Waals surface area contributed by atoms with Crippen LogP contribution in [0.1, 0.15) is 15.9 Å². The highest BCUT2D eigenvalue weighted by Crippen LogP contribution is 2.27. The molecule has 21 heavy (non-hydrogen) atoms. The summed E-state index contributed by atoms with van der Waals surface area (Å²) in [4.78, 5) is 12.3. The predicted octanol–water partition coefficient (Wildman–Crippen LogP) is 4.19. The Hall–Kier alpha value is -1.59. The van der Waals surface area contributed by atoms with Crippen molar-refractivity contribution in [3.8, 4) is 11.8 Å². The van der Waals surface area contributed by atoms with Gasteiger partial charge in [-0.2, -0.15) is 5.26 Å². The maximum atomic E-state index is 12.3. The van der Waals surface area contributed by atoms with Crippen molar-refractivity contribution < 1.29 is 9.53 Å². The van der Waals surface area contributed by atoms with Crippen LogP contribution in [0.15, 0.2) is 40.9 Å². The molecule has 0 fully saturated rings. The summed E-state index contributed by atoms with van der Waals surface area (Å²) in [7, 11) is 1.49. The zero-order valence-electron chi connectivity index (χ0n) is 11.0. The number of hydrogen-bond donors (Lipinski definition) is 1. The van der Waals surface area contributed by atoms with E-state index in [-0.39, 0.29) is 5.91 Å². The number of amides is 1. The summed E-state index contributed by atoms with van der Waals surface area (Å²) >= 11 is 5.51. The van der Waals surface area contributed by atoms with Crippen LogP contribution in [0.2, 0.25) is 0 Å². The summed E-state index contributed by atoms with van der Waals surface area (Å²) in [5.41, 5.74) is 1.53. The minimum absolute atomic E-state index is 0.247. The van der Waals surface area contributed by atoms with Crippen molar-refractivity contribution in [2.45, 2.75) is 0 Å². The predicted molar refractivity (Wildman–Crippen MR) is 92.5 cm³/mol. The second-order valence-corrected chi connectivity index (χ2v) is 6.21. The molecule has 2 aromatic carbocycles. The Morgan fingerprint density at radius 2 is 2.10 bits per heavy atom. The van der Waals surface area contributed by atoms with Crippen LogP contribution in [0.25, 0.3) is 0 Å².